The smallest absolute Gasteiger partial charge is 0.217 e. The third-order valence-corrected chi connectivity index (χ3v) is 1.45. The summed E-state index contributed by atoms with van der Waals surface area (Å²) in [6, 6.07) is 0. The first-order valence-electron chi connectivity index (χ1n) is 4.24. The number of carbonyl (C=O) groups is 1. The van der Waals surface area contributed by atoms with Gasteiger partial charge in [-0.3, -0.25) is 4.79 Å². The molecule has 0 heterocycles. The van der Waals surface area contributed by atoms with Crippen LogP contribution in [0, 0.1) is 0 Å². The molecule has 3 N–H and O–H groups in total. The van der Waals surface area contributed by atoms with Crippen LogP contribution in [0.4, 0.5) is 0 Å². The highest BCUT2D eigenvalue weighted by Gasteiger charge is 1.94. The van der Waals surface area contributed by atoms with Crippen molar-refractivity contribution in [1.29, 1.82) is 0 Å². The number of hydrogen-bond donors (Lipinski definition) is 2. The minimum Gasteiger partial charge on any atom is -0.394 e. The first kappa shape index (κ1) is 11.4. The topological polar surface area (TPSA) is 72.6 Å². The van der Waals surface area contributed by atoms with Crippen LogP contribution >= 0.6 is 0 Å². The molecule has 0 atom stereocenters. The van der Waals surface area contributed by atoms with Gasteiger partial charge in [0.15, 0.2) is 0 Å². The molecule has 0 aromatic heterocycles. The van der Waals surface area contributed by atoms with E-state index < -0.39 is 0 Å². The number of nitrogens with two attached hydrogens (primary N) is 1. The van der Waals surface area contributed by atoms with Gasteiger partial charge in [-0.1, -0.05) is 6.42 Å². The van der Waals surface area contributed by atoms with Crippen LogP contribution in [0.1, 0.15) is 25.7 Å². The van der Waals surface area contributed by atoms with E-state index in [1.165, 1.54) is 0 Å². The van der Waals surface area contributed by atoms with E-state index in [4.69, 9.17) is 15.6 Å². The summed E-state index contributed by atoms with van der Waals surface area (Å²) in [6.07, 6.45) is 3.17. The third kappa shape index (κ3) is 9.39. The Morgan fingerprint density at radius 2 is 2.00 bits per heavy atom. The highest BCUT2D eigenvalue weighted by atomic mass is 16.5. The lowest BCUT2D eigenvalue weighted by Crippen LogP contribution is -2.09. The predicted octanol–water partition coefficient (Wildman–Crippen LogP) is 0.0410. The molecule has 0 aromatic rings. The number of primary amides is 1. The highest BCUT2D eigenvalue weighted by molar-refractivity contribution is 5.73. The van der Waals surface area contributed by atoms with Crippen molar-refractivity contribution < 1.29 is 14.6 Å². The van der Waals surface area contributed by atoms with Gasteiger partial charge < -0.3 is 15.6 Å². The number of carbonyl (C=O) groups excluding carboxylic acids is 1. The Labute approximate surface area is 72.7 Å². The monoisotopic (exact) mass is 175 g/mol. The number of amides is 1. The lowest BCUT2D eigenvalue weighted by atomic mass is 10.2. The van der Waals surface area contributed by atoms with Gasteiger partial charge in [0.1, 0.15) is 0 Å². The fourth-order valence-corrected chi connectivity index (χ4v) is 0.847. The molecule has 0 aromatic carbocycles. The summed E-state index contributed by atoms with van der Waals surface area (Å²) in [5, 5.41) is 8.36. The van der Waals surface area contributed by atoms with Gasteiger partial charge in [-0.05, 0) is 12.8 Å². The van der Waals surface area contributed by atoms with Crippen LogP contribution in [0.2, 0.25) is 0 Å². The first-order valence-corrected chi connectivity index (χ1v) is 4.24. The van der Waals surface area contributed by atoms with Crippen LogP contribution in [-0.2, 0) is 9.53 Å². The quantitative estimate of drug-likeness (QED) is 0.512. The molecular weight excluding hydrogens is 158 g/mol. The van der Waals surface area contributed by atoms with Gasteiger partial charge in [-0.25, -0.2) is 0 Å². The maximum atomic E-state index is 10.3. The van der Waals surface area contributed by atoms with Crippen LogP contribution in [0.3, 0.4) is 0 Å². The number of aliphatic hydroxyl groups is 1. The maximum absolute atomic E-state index is 10.3. The summed E-state index contributed by atoms with van der Waals surface area (Å²) in [5.41, 5.74) is 4.95. The maximum Gasteiger partial charge on any atom is 0.217 e. The highest BCUT2D eigenvalue weighted by Crippen LogP contribution is 1.98. The lowest BCUT2D eigenvalue weighted by molar-refractivity contribution is -0.118. The van der Waals surface area contributed by atoms with Gasteiger partial charge in [-0.15, -0.1) is 0 Å². The zero-order valence-electron chi connectivity index (χ0n) is 7.29. The Morgan fingerprint density at radius 1 is 1.25 bits per heavy atom. The molecule has 0 aliphatic rings. The summed E-state index contributed by atoms with van der Waals surface area (Å²) >= 11 is 0. The Bertz CT molecular complexity index is 117. The van der Waals surface area contributed by atoms with Gasteiger partial charge in [0.05, 0.1) is 13.2 Å². The van der Waals surface area contributed by atoms with Crippen molar-refractivity contribution in [2.45, 2.75) is 25.7 Å². The Balaban J connectivity index is 2.86. The van der Waals surface area contributed by atoms with Crippen molar-refractivity contribution in [1.82, 2.24) is 0 Å². The van der Waals surface area contributed by atoms with Crippen LogP contribution < -0.4 is 5.73 Å². The van der Waals surface area contributed by atoms with Crippen LogP contribution in [0.25, 0.3) is 0 Å². The van der Waals surface area contributed by atoms with Crippen LogP contribution in [0.15, 0.2) is 0 Å². The zero-order valence-corrected chi connectivity index (χ0v) is 7.29. The van der Waals surface area contributed by atoms with Crippen LogP contribution in [0.5, 0.6) is 0 Å². The summed E-state index contributed by atoms with van der Waals surface area (Å²) in [5.74, 6) is -0.244. The molecule has 0 fully saturated rings. The molecule has 0 unspecified atom stereocenters. The zero-order chi connectivity index (χ0) is 9.23. The van der Waals surface area contributed by atoms with E-state index in [0.29, 0.717) is 19.6 Å². The molecule has 0 saturated heterocycles. The van der Waals surface area contributed by atoms with Gasteiger partial charge in [0.25, 0.3) is 0 Å². The SMILES string of the molecule is NC(=O)CCCCCOCCO. The van der Waals surface area contributed by atoms with Crippen molar-refractivity contribution in [3.8, 4) is 0 Å². The van der Waals surface area contributed by atoms with E-state index in [2.05, 4.69) is 0 Å². The van der Waals surface area contributed by atoms with Gasteiger partial charge >= 0.3 is 0 Å². The number of aliphatic hydroxyl groups excluding tert-OH is 1. The number of hydrogen-bond acceptors (Lipinski definition) is 3. The van der Waals surface area contributed by atoms with Crippen molar-refractivity contribution in [3.05, 3.63) is 0 Å². The van der Waals surface area contributed by atoms with E-state index in [-0.39, 0.29) is 12.5 Å². The van der Waals surface area contributed by atoms with E-state index in [1.54, 1.807) is 0 Å². The van der Waals surface area contributed by atoms with E-state index >= 15 is 0 Å². The summed E-state index contributed by atoms with van der Waals surface area (Å²) in [7, 11) is 0. The second kappa shape index (κ2) is 8.49. The summed E-state index contributed by atoms with van der Waals surface area (Å²) in [4.78, 5) is 10.3. The molecule has 12 heavy (non-hydrogen) atoms. The molecule has 72 valence electrons. The Morgan fingerprint density at radius 3 is 2.58 bits per heavy atom. The van der Waals surface area contributed by atoms with Gasteiger partial charge in [-0.2, -0.15) is 0 Å². The molecule has 4 nitrogen and oxygen atoms in total. The van der Waals surface area contributed by atoms with Gasteiger partial charge in [0.2, 0.25) is 5.91 Å². The third-order valence-electron chi connectivity index (χ3n) is 1.45. The summed E-state index contributed by atoms with van der Waals surface area (Å²) < 4.78 is 5.02. The van der Waals surface area contributed by atoms with Crippen LogP contribution in [-0.4, -0.2) is 30.8 Å². The Kier molecular flexibility index (Phi) is 8.05. The molecule has 0 spiro atoms. The van der Waals surface area contributed by atoms with Gasteiger partial charge in [0, 0.05) is 13.0 Å². The average Bonchev–Trinajstić information content (AvgIpc) is 2.02. The standard InChI is InChI=1S/C8H17NO3/c9-8(11)4-2-1-3-6-12-7-5-10/h10H,1-7H2,(H2,9,11). The average molecular weight is 175 g/mol. The van der Waals surface area contributed by atoms with Crippen molar-refractivity contribution >= 4 is 5.91 Å². The molecule has 0 radical (unpaired) electrons. The van der Waals surface area contributed by atoms with Crippen molar-refractivity contribution in [2.24, 2.45) is 5.73 Å². The minimum atomic E-state index is -0.244. The first-order chi connectivity index (χ1) is 5.77. The van der Waals surface area contributed by atoms with Crippen molar-refractivity contribution in [2.75, 3.05) is 19.8 Å². The second-order valence-electron chi connectivity index (χ2n) is 2.61. The fourth-order valence-electron chi connectivity index (χ4n) is 0.847. The normalized spacial score (nSPS) is 10.1. The lowest BCUT2D eigenvalue weighted by Gasteiger charge is -2.00. The largest absolute Gasteiger partial charge is 0.394 e. The van der Waals surface area contributed by atoms with E-state index in [9.17, 15) is 4.79 Å². The summed E-state index contributed by atoms with van der Waals surface area (Å²) in [6.45, 7) is 1.12. The fraction of sp³-hybridized carbons (Fsp3) is 0.875. The molecule has 0 rings (SSSR count). The molecule has 0 aliphatic heterocycles. The van der Waals surface area contributed by atoms with Crippen molar-refractivity contribution in [3.63, 3.8) is 0 Å². The number of ether oxygens (including phenoxy) is 1. The molecular formula is C8H17NO3. The number of rotatable bonds is 8. The second-order valence-corrected chi connectivity index (χ2v) is 2.61. The molecule has 1 amide bonds. The van der Waals surface area contributed by atoms with E-state index in [1.807, 2.05) is 0 Å². The van der Waals surface area contributed by atoms with E-state index in [0.717, 1.165) is 19.3 Å². The Hall–Kier alpha value is -0.610. The minimum absolute atomic E-state index is 0.0707. The number of unbranched alkanes of at least 4 members (excludes halogenated alkanes) is 2. The molecule has 0 aliphatic carbocycles. The molecule has 4 heteroatoms. The molecule has 0 saturated carbocycles. The predicted molar refractivity (Wildman–Crippen MR) is 45.6 cm³/mol. The molecule has 0 bridgehead atoms.